The average molecular weight is 388 g/mol. The molecule has 8 heteroatoms. The second kappa shape index (κ2) is 8.86. The molecule has 1 heterocycles. The van der Waals surface area contributed by atoms with Crippen molar-refractivity contribution in [2.24, 2.45) is 11.8 Å². The van der Waals surface area contributed by atoms with Gasteiger partial charge in [0.25, 0.3) is 5.91 Å². The first-order chi connectivity index (χ1) is 13.5. The number of carbonyl (C=O) groups excluding carboxylic acids is 4. The molecular weight excluding hydrogens is 364 g/mol. The average Bonchev–Trinajstić information content (AvgIpc) is 2.96. The van der Waals surface area contributed by atoms with Crippen molar-refractivity contribution in [1.29, 1.82) is 0 Å². The summed E-state index contributed by atoms with van der Waals surface area (Å²) in [6, 6.07) is 7.24. The molecule has 1 N–H and O–H groups in total. The fourth-order valence-electron chi connectivity index (χ4n) is 3.80. The van der Waals surface area contributed by atoms with E-state index in [0.29, 0.717) is 18.6 Å². The summed E-state index contributed by atoms with van der Waals surface area (Å²) < 4.78 is 10.1. The normalized spacial score (nSPS) is 21.2. The monoisotopic (exact) mass is 388 g/mol. The van der Waals surface area contributed by atoms with Gasteiger partial charge in [-0.05, 0) is 18.9 Å². The number of hydrogen-bond donors (Lipinski definition) is 1. The first kappa shape index (κ1) is 19.9. The van der Waals surface area contributed by atoms with Crippen molar-refractivity contribution in [2.75, 3.05) is 20.3 Å². The molecule has 0 unspecified atom stereocenters. The molecule has 3 amide bonds. The summed E-state index contributed by atoms with van der Waals surface area (Å²) in [6.07, 6.45) is 3.22. The number of amides is 3. The highest BCUT2D eigenvalue weighted by molar-refractivity contribution is 6.07. The maximum absolute atomic E-state index is 12.3. The van der Waals surface area contributed by atoms with E-state index < -0.39 is 25.0 Å². The van der Waals surface area contributed by atoms with Crippen LogP contribution < -0.4 is 10.1 Å². The van der Waals surface area contributed by atoms with Crippen molar-refractivity contribution in [2.45, 2.75) is 32.2 Å². The highest BCUT2D eigenvalue weighted by Crippen LogP contribution is 2.37. The number of para-hydroxylation sites is 1. The Morgan fingerprint density at radius 1 is 1.11 bits per heavy atom. The minimum atomic E-state index is -0.771. The van der Waals surface area contributed by atoms with Crippen molar-refractivity contribution in [3.8, 4) is 5.75 Å². The minimum Gasteiger partial charge on any atom is -0.496 e. The van der Waals surface area contributed by atoms with Crippen LogP contribution in [-0.2, 0) is 30.5 Å². The van der Waals surface area contributed by atoms with Gasteiger partial charge in [-0.2, -0.15) is 0 Å². The zero-order valence-corrected chi connectivity index (χ0v) is 15.8. The van der Waals surface area contributed by atoms with E-state index in [9.17, 15) is 19.2 Å². The van der Waals surface area contributed by atoms with Crippen LogP contribution in [0.1, 0.15) is 31.2 Å². The number of methoxy groups -OCH3 is 1. The van der Waals surface area contributed by atoms with Crippen LogP contribution in [0.25, 0.3) is 0 Å². The Bertz CT molecular complexity index is 754. The molecule has 1 aliphatic carbocycles. The molecular formula is C20H24N2O6. The second-order valence-corrected chi connectivity index (χ2v) is 7.01. The van der Waals surface area contributed by atoms with Crippen LogP contribution in [0.4, 0.5) is 0 Å². The molecule has 2 atom stereocenters. The van der Waals surface area contributed by atoms with E-state index in [1.807, 2.05) is 18.2 Å². The van der Waals surface area contributed by atoms with Crippen LogP contribution in [0.2, 0.25) is 0 Å². The number of fused-ring (bicyclic) bond motifs is 1. The van der Waals surface area contributed by atoms with E-state index >= 15 is 0 Å². The number of carbonyl (C=O) groups is 4. The Morgan fingerprint density at radius 3 is 2.39 bits per heavy atom. The third-order valence-corrected chi connectivity index (χ3v) is 5.25. The van der Waals surface area contributed by atoms with E-state index in [2.05, 4.69) is 5.32 Å². The van der Waals surface area contributed by atoms with Gasteiger partial charge in [-0.25, -0.2) is 0 Å². The van der Waals surface area contributed by atoms with Gasteiger partial charge in [0.2, 0.25) is 11.8 Å². The second-order valence-electron chi connectivity index (χ2n) is 7.01. The number of likely N-dealkylation sites (tertiary alicyclic amines) is 1. The molecule has 2 fully saturated rings. The van der Waals surface area contributed by atoms with Gasteiger partial charge in [-0.3, -0.25) is 24.1 Å². The lowest BCUT2D eigenvalue weighted by atomic mass is 9.81. The van der Waals surface area contributed by atoms with Crippen LogP contribution in [0.15, 0.2) is 24.3 Å². The SMILES string of the molecule is COc1ccccc1CNC(=O)COC(=O)CN1C(=O)[C@H]2CCCC[C@H]2C1=O. The van der Waals surface area contributed by atoms with Crippen LogP contribution in [0, 0.1) is 11.8 Å². The predicted molar refractivity (Wildman–Crippen MR) is 98.0 cm³/mol. The van der Waals surface area contributed by atoms with Crippen molar-refractivity contribution in [3.05, 3.63) is 29.8 Å². The molecule has 0 spiro atoms. The van der Waals surface area contributed by atoms with Crippen molar-refractivity contribution >= 4 is 23.7 Å². The number of nitrogens with zero attached hydrogens (tertiary/aromatic N) is 1. The number of imide groups is 1. The molecule has 1 aromatic rings. The van der Waals surface area contributed by atoms with Gasteiger partial charge >= 0.3 is 5.97 Å². The Balaban J connectivity index is 1.44. The van der Waals surface area contributed by atoms with Gasteiger partial charge in [-0.1, -0.05) is 31.0 Å². The van der Waals surface area contributed by atoms with Gasteiger partial charge in [0.15, 0.2) is 6.61 Å². The lowest BCUT2D eigenvalue weighted by molar-refractivity contribution is -0.154. The van der Waals surface area contributed by atoms with Crippen LogP contribution in [-0.4, -0.2) is 48.9 Å². The molecule has 0 bridgehead atoms. The smallest absolute Gasteiger partial charge is 0.326 e. The highest BCUT2D eigenvalue weighted by atomic mass is 16.5. The maximum Gasteiger partial charge on any atom is 0.326 e. The first-order valence-electron chi connectivity index (χ1n) is 9.40. The molecule has 1 saturated carbocycles. The Morgan fingerprint density at radius 2 is 1.75 bits per heavy atom. The molecule has 2 aliphatic rings. The summed E-state index contributed by atoms with van der Waals surface area (Å²) in [5.41, 5.74) is 0.792. The Hall–Kier alpha value is -2.90. The Kier molecular flexibility index (Phi) is 6.28. The third-order valence-electron chi connectivity index (χ3n) is 5.25. The van der Waals surface area contributed by atoms with E-state index in [1.54, 1.807) is 13.2 Å². The molecule has 0 radical (unpaired) electrons. The van der Waals surface area contributed by atoms with Crippen molar-refractivity contribution in [3.63, 3.8) is 0 Å². The topological polar surface area (TPSA) is 102 Å². The largest absolute Gasteiger partial charge is 0.496 e. The summed E-state index contributed by atoms with van der Waals surface area (Å²) in [4.78, 5) is 49.6. The fraction of sp³-hybridized carbons (Fsp3) is 0.500. The van der Waals surface area contributed by atoms with Crippen LogP contribution >= 0.6 is 0 Å². The van der Waals surface area contributed by atoms with E-state index in [0.717, 1.165) is 23.3 Å². The van der Waals surface area contributed by atoms with Gasteiger partial charge in [0.1, 0.15) is 12.3 Å². The van der Waals surface area contributed by atoms with Gasteiger partial charge in [0, 0.05) is 12.1 Å². The lowest BCUT2D eigenvalue weighted by Crippen LogP contribution is -2.38. The zero-order valence-electron chi connectivity index (χ0n) is 15.8. The van der Waals surface area contributed by atoms with Crippen LogP contribution in [0.5, 0.6) is 5.75 Å². The zero-order chi connectivity index (χ0) is 20.1. The molecule has 8 nitrogen and oxygen atoms in total. The van der Waals surface area contributed by atoms with Crippen molar-refractivity contribution in [1.82, 2.24) is 10.2 Å². The summed E-state index contributed by atoms with van der Waals surface area (Å²) in [5, 5.41) is 2.64. The molecule has 1 aliphatic heterocycles. The third kappa shape index (κ3) is 4.32. The van der Waals surface area contributed by atoms with Crippen LogP contribution in [0.3, 0.4) is 0 Å². The Labute approximate surface area is 163 Å². The summed E-state index contributed by atoms with van der Waals surface area (Å²) in [7, 11) is 1.54. The number of hydrogen-bond acceptors (Lipinski definition) is 6. The van der Waals surface area contributed by atoms with Gasteiger partial charge < -0.3 is 14.8 Å². The standard InChI is InChI=1S/C20H24N2O6/c1-27-16-9-5-2-6-13(16)10-21-17(23)12-28-18(24)11-22-19(25)14-7-3-4-8-15(14)20(22)26/h2,5-6,9,14-15H,3-4,7-8,10-12H2,1H3,(H,21,23)/t14-,15+. The van der Waals surface area contributed by atoms with Gasteiger partial charge in [0.05, 0.1) is 18.9 Å². The summed E-state index contributed by atoms with van der Waals surface area (Å²) >= 11 is 0. The molecule has 1 aromatic carbocycles. The van der Waals surface area contributed by atoms with E-state index in [4.69, 9.17) is 9.47 Å². The van der Waals surface area contributed by atoms with Gasteiger partial charge in [-0.15, -0.1) is 0 Å². The van der Waals surface area contributed by atoms with E-state index in [-0.39, 0.29) is 30.2 Å². The quantitative estimate of drug-likeness (QED) is 0.553. The lowest BCUT2D eigenvalue weighted by Gasteiger charge is -2.19. The number of ether oxygens (including phenoxy) is 2. The highest BCUT2D eigenvalue weighted by Gasteiger charge is 2.48. The van der Waals surface area contributed by atoms with E-state index in [1.165, 1.54) is 0 Å². The number of rotatable bonds is 7. The molecule has 28 heavy (non-hydrogen) atoms. The number of nitrogens with one attached hydrogen (secondary N) is 1. The first-order valence-corrected chi connectivity index (χ1v) is 9.40. The number of esters is 1. The predicted octanol–water partition coefficient (Wildman–Crippen LogP) is 1.03. The maximum atomic E-state index is 12.3. The summed E-state index contributed by atoms with van der Waals surface area (Å²) in [6.45, 7) is -0.686. The molecule has 150 valence electrons. The summed E-state index contributed by atoms with van der Waals surface area (Å²) in [5.74, 6) is -1.82. The van der Waals surface area contributed by atoms with Crippen molar-refractivity contribution < 1.29 is 28.7 Å². The molecule has 1 saturated heterocycles. The number of benzene rings is 1. The minimum absolute atomic E-state index is 0.229. The molecule has 3 rings (SSSR count). The fourth-order valence-corrected chi connectivity index (χ4v) is 3.80. The molecule has 0 aromatic heterocycles.